The van der Waals surface area contributed by atoms with Gasteiger partial charge in [-0.05, 0) is 45.4 Å². The zero-order valence-electron chi connectivity index (χ0n) is 16.1. The van der Waals surface area contributed by atoms with E-state index in [4.69, 9.17) is 0 Å². The molecule has 0 saturated carbocycles. The second-order valence-corrected chi connectivity index (χ2v) is 7.82. The maximum absolute atomic E-state index is 13.2. The Labute approximate surface area is 161 Å². The quantitative estimate of drug-likeness (QED) is 0.786. The highest BCUT2D eigenvalue weighted by molar-refractivity contribution is 6.10. The van der Waals surface area contributed by atoms with E-state index in [0.717, 1.165) is 4.90 Å². The molecule has 2 heterocycles. The molecular weight excluding hydrogens is 365 g/mol. The maximum atomic E-state index is 13.2. The highest BCUT2D eigenvalue weighted by atomic mass is 19.1. The molecule has 1 aromatic carbocycles. The van der Waals surface area contributed by atoms with Crippen molar-refractivity contribution in [2.45, 2.75) is 38.8 Å². The predicted molar refractivity (Wildman–Crippen MR) is 99.8 cm³/mol. The molecule has 148 valence electrons. The Morgan fingerprint density at radius 2 is 1.86 bits per heavy atom. The number of nitrogens with one attached hydrogen (secondary N) is 2. The van der Waals surface area contributed by atoms with Gasteiger partial charge in [-0.25, -0.2) is 9.18 Å². The van der Waals surface area contributed by atoms with Gasteiger partial charge in [0.15, 0.2) is 5.82 Å². The zero-order chi connectivity index (χ0) is 20.7. The number of amides is 4. The first kappa shape index (κ1) is 19.5. The fraction of sp³-hybridized carbons (Fsp3) is 0.368. The summed E-state index contributed by atoms with van der Waals surface area (Å²) in [5, 5.41) is 9.42. The molecule has 3 rings (SSSR count). The van der Waals surface area contributed by atoms with Crippen LogP contribution in [-0.4, -0.2) is 39.1 Å². The van der Waals surface area contributed by atoms with E-state index in [1.165, 1.54) is 31.2 Å². The van der Waals surface area contributed by atoms with Crippen LogP contribution in [0.3, 0.4) is 0 Å². The predicted octanol–water partition coefficient (Wildman–Crippen LogP) is 2.18. The number of rotatable bonds is 4. The molecule has 1 atom stereocenters. The van der Waals surface area contributed by atoms with Crippen molar-refractivity contribution >= 4 is 23.7 Å². The Morgan fingerprint density at radius 1 is 1.21 bits per heavy atom. The topological polar surface area (TPSA) is 96.3 Å². The lowest BCUT2D eigenvalue weighted by molar-refractivity contribution is -0.133. The highest BCUT2D eigenvalue weighted by Crippen LogP contribution is 2.28. The fourth-order valence-electron chi connectivity index (χ4n) is 2.91. The van der Waals surface area contributed by atoms with Crippen molar-refractivity contribution in [3.05, 3.63) is 47.9 Å². The molecule has 0 aliphatic carbocycles. The van der Waals surface area contributed by atoms with Gasteiger partial charge in [0, 0.05) is 12.3 Å². The minimum atomic E-state index is -1.36. The maximum Gasteiger partial charge on any atom is 0.325 e. The molecule has 2 aromatic rings. The number of aromatic nitrogens is 2. The van der Waals surface area contributed by atoms with Gasteiger partial charge < -0.3 is 10.6 Å². The number of anilines is 1. The molecule has 1 unspecified atom stereocenters. The van der Waals surface area contributed by atoms with Crippen LogP contribution in [0.15, 0.2) is 36.5 Å². The van der Waals surface area contributed by atoms with Crippen LogP contribution in [0.4, 0.5) is 15.0 Å². The van der Waals surface area contributed by atoms with Crippen LogP contribution >= 0.6 is 0 Å². The van der Waals surface area contributed by atoms with E-state index in [0.29, 0.717) is 11.4 Å². The van der Waals surface area contributed by atoms with Crippen molar-refractivity contribution in [2.75, 3.05) is 11.9 Å². The Hall–Kier alpha value is -3.23. The molecule has 0 spiro atoms. The van der Waals surface area contributed by atoms with Crippen molar-refractivity contribution in [2.24, 2.45) is 0 Å². The second-order valence-electron chi connectivity index (χ2n) is 7.82. The summed E-state index contributed by atoms with van der Waals surface area (Å²) in [6, 6.07) is 6.22. The molecule has 0 bridgehead atoms. The summed E-state index contributed by atoms with van der Waals surface area (Å²) in [5.41, 5.74) is -1.18. The number of carbonyl (C=O) groups is 3. The van der Waals surface area contributed by atoms with E-state index in [1.807, 2.05) is 20.8 Å². The van der Waals surface area contributed by atoms with Gasteiger partial charge in [-0.1, -0.05) is 12.1 Å². The Balaban J connectivity index is 1.71. The van der Waals surface area contributed by atoms with Crippen LogP contribution in [0.5, 0.6) is 0 Å². The SMILES string of the molecule is CC1(c2ccc(F)cc2)NC(=O)N(CC(=O)Nc2ccn(C(C)(C)C)n2)C1=O. The zero-order valence-corrected chi connectivity index (χ0v) is 16.1. The molecule has 9 heteroatoms. The van der Waals surface area contributed by atoms with Crippen molar-refractivity contribution in [1.29, 1.82) is 0 Å². The third-order valence-electron chi connectivity index (χ3n) is 4.54. The minimum absolute atomic E-state index is 0.245. The van der Waals surface area contributed by atoms with Crippen LogP contribution in [0, 0.1) is 5.82 Å². The van der Waals surface area contributed by atoms with Gasteiger partial charge in [0.05, 0.1) is 5.54 Å². The lowest BCUT2D eigenvalue weighted by atomic mass is 9.92. The van der Waals surface area contributed by atoms with E-state index >= 15 is 0 Å². The molecule has 2 N–H and O–H groups in total. The molecule has 1 aromatic heterocycles. The summed E-state index contributed by atoms with van der Waals surface area (Å²) >= 11 is 0. The van der Waals surface area contributed by atoms with Crippen LogP contribution in [-0.2, 0) is 20.7 Å². The van der Waals surface area contributed by atoms with E-state index < -0.39 is 35.7 Å². The highest BCUT2D eigenvalue weighted by Gasteiger charge is 2.49. The molecule has 28 heavy (non-hydrogen) atoms. The van der Waals surface area contributed by atoms with Gasteiger partial charge in [0.2, 0.25) is 5.91 Å². The van der Waals surface area contributed by atoms with E-state index in [1.54, 1.807) is 16.9 Å². The number of hydrogen-bond donors (Lipinski definition) is 2. The molecule has 1 fully saturated rings. The van der Waals surface area contributed by atoms with Crippen LogP contribution in [0.2, 0.25) is 0 Å². The smallest absolute Gasteiger partial charge is 0.319 e. The summed E-state index contributed by atoms with van der Waals surface area (Å²) in [7, 11) is 0. The first-order valence-corrected chi connectivity index (χ1v) is 8.77. The van der Waals surface area contributed by atoms with Crippen LogP contribution in [0.1, 0.15) is 33.3 Å². The Kier molecular flexibility index (Phi) is 4.70. The first-order chi connectivity index (χ1) is 13.0. The Morgan fingerprint density at radius 3 is 2.43 bits per heavy atom. The molecule has 8 nitrogen and oxygen atoms in total. The van der Waals surface area contributed by atoms with Crippen molar-refractivity contribution in [3.63, 3.8) is 0 Å². The van der Waals surface area contributed by atoms with Gasteiger partial charge in [0.1, 0.15) is 17.9 Å². The summed E-state index contributed by atoms with van der Waals surface area (Å²) < 4.78 is 14.9. The average Bonchev–Trinajstić information content (AvgIpc) is 3.15. The standard InChI is InChI=1S/C19H22FN5O3/c1-18(2,3)25-10-9-14(23-25)21-15(26)11-24-16(27)19(4,22-17(24)28)12-5-7-13(20)8-6-12/h5-10H,11H2,1-4H3,(H,22,28)(H,21,23,26). The molecule has 1 aliphatic heterocycles. The van der Waals surface area contributed by atoms with Gasteiger partial charge in [-0.3, -0.25) is 19.2 Å². The number of urea groups is 1. The van der Waals surface area contributed by atoms with E-state index in [9.17, 15) is 18.8 Å². The monoisotopic (exact) mass is 387 g/mol. The number of carbonyl (C=O) groups excluding carboxylic acids is 3. The number of hydrogen-bond acceptors (Lipinski definition) is 4. The largest absolute Gasteiger partial charge is 0.325 e. The fourth-order valence-corrected chi connectivity index (χ4v) is 2.91. The average molecular weight is 387 g/mol. The molecule has 0 radical (unpaired) electrons. The normalized spacial score (nSPS) is 19.7. The van der Waals surface area contributed by atoms with Crippen molar-refractivity contribution in [3.8, 4) is 0 Å². The second kappa shape index (κ2) is 6.74. The molecule has 4 amide bonds. The van der Waals surface area contributed by atoms with E-state index in [-0.39, 0.29) is 5.54 Å². The lowest BCUT2D eigenvalue weighted by Crippen LogP contribution is -2.42. The number of benzene rings is 1. The lowest BCUT2D eigenvalue weighted by Gasteiger charge is -2.22. The summed E-state index contributed by atoms with van der Waals surface area (Å²) in [6.07, 6.45) is 1.73. The minimum Gasteiger partial charge on any atom is -0.319 e. The number of nitrogens with zero attached hydrogens (tertiary/aromatic N) is 3. The third-order valence-corrected chi connectivity index (χ3v) is 4.54. The summed E-state index contributed by atoms with van der Waals surface area (Å²) in [4.78, 5) is 38.2. The van der Waals surface area contributed by atoms with Crippen molar-refractivity contribution < 1.29 is 18.8 Å². The van der Waals surface area contributed by atoms with Crippen molar-refractivity contribution in [1.82, 2.24) is 20.0 Å². The third kappa shape index (κ3) is 3.60. The summed E-state index contributed by atoms with van der Waals surface area (Å²) in [5.74, 6) is -1.26. The van der Waals surface area contributed by atoms with Gasteiger partial charge in [-0.2, -0.15) is 5.10 Å². The number of imide groups is 1. The van der Waals surface area contributed by atoms with Crippen LogP contribution in [0.25, 0.3) is 0 Å². The van der Waals surface area contributed by atoms with E-state index in [2.05, 4.69) is 15.7 Å². The van der Waals surface area contributed by atoms with Gasteiger partial charge >= 0.3 is 6.03 Å². The Bertz CT molecular complexity index is 932. The van der Waals surface area contributed by atoms with Crippen LogP contribution < -0.4 is 10.6 Å². The van der Waals surface area contributed by atoms with Gasteiger partial charge in [0.25, 0.3) is 5.91 Å². The number of halogens is 1. The van der Waals surface area contributed by atoms with Gasteiger partial charge in [-0.15, -0.1) is 0 Å². The summed E-state index contributed by atoms with van der Waals surface area (Å²) in [6.45, 7) is 6.96. The molecule has 1 aliphatic rings. The first-order valence-electron chi connectivity index (χ1n) is 8.77. The molecular formula is C19H22FN5O3. The molecule has 1 saturated heterocycles.